The molecule has 1 heterocycles. The lowest BCUT2D eigenvalue weighted by Crippen LogP contribution is -2.21. The first-order valence-corrected chi connectivity index (χ1v) is 8.40. The molecule has 1 amide bonds. The van der Waals surface area contributed by atoms with E-state index in [2.05, 4.69) is 15.2 Å². The fourth-order valence-electron chi connectivity index (χ4n) is 2.50. The molecule has 3 aromatic rings. The zero-order chi connectivity index (χ0) is 20.1. The standard InChI is InChI=1S/C20H18FN3O4/c1-13-11-18(24(23-13)16-7-5-15(21)6-8-16)22-19(25)12-28-17-9-3-14(4-10-17)20(26)27-2/h3-11H,12H2,1-2H3,(H,22,25). The number of aryl methyl sites for hydroxylation is 1. The molecule has 0 aliphatic heterocycles. The van der Waals surface area contributed by atoms with E-state index >= 15 is 0 Å². The molecule has 0 bridgehead atoms. The smallest absolute Gasteiger partial charge is 0.337 e. The van der Waals surface area contributed by atoms with Crippen LogP contribution in [0.4, 0.5) is 10.2 Å². The van der Waals surface area contributed by atoms with Crippen LogP contribution in [0.25, 0.3) is 5.69 Å². The summed E-state index contributed by atoms with van der Waals surface area (Å²) in [5, 5.41) is 7.03. The summed E-state index contributed by atoms with van der Waals surface area (Å²) in [4.78, 5) is 23.7. The Kier molecular flexibility index (Phi) is 5.69. The number of hydrogen-bond donors (Lipinski definition) is 1. The summed E-state index contributed by atoms with van der Waals surface area (Å²) in [6.07, 6.45) is 0. The maximum atomic E-state index is 13.1. The van der Waals surface area contributed by atoms with Crippen molar-refractivity contribution >= 4 is 17.7 Å². The molecule has 8 heteroatoms. The zero-order valence-corrected chi connectivity index (χ0v) is 15.3. The van der Waals surface area contributed by atoms with Gasteiger partial charge < -0.3 is 14.8 Å². The summed E-state index contributed by atoms with van der Waals surface area (Å²) >= 11 is 0. The van der Waals surface area contributed by atoms with E-state index in [0.29, 0.717) is 28.5 Å². The monoisotopic (exact) mass is 383 g/mol. The maximum Gasteiger partial charge on any atom is 0.337 e. The highest BCUT2D eigenvalue weighted by Crippen LogP contribution is 2.18. The molecule has 1 N–H and O–H groups in total. The van der Waals surface area contributed by atoms with Crippen molar-refractivity contribution < 1.29 is 23.5 Å². The highest BCUT2D eigenvalue weighted by atomic mass is 19.1. The Labute approximate surface area is 160 Å². The van der Waals surface area contributed by atoms with Gasteiger partial charge in [0.2, 0.25) is 0 Å². The third kappa shape index (κ3) is 4.53. The number of amides is 1. The zero-order valence-electron chi connectivity index (χ0n) is 15.3. The van der Waals surface area contributed by atoms with E-state index < -0.39 is 5.97 Å². The molecule has 2 aromatic carbocycles. The number of aromatic nitrogens is 2. The number of anilines is 1. The lowest BCUT2D eigenvalue weighted by Gasteiger charge is -2.10. The number of benzene rings is 2. The SMILES string of the molecule is COC(=O)c1ccc(OCC(=O)Nc2cc(C)nn2-c2ccc(F)cc2)cc1. The fraction of sp³-hybridized carbons (Fsp3) is 0.150. The van der Waals surface area contributed by atoms with Crippen molar-refractivity contribution in [2.75, 3.05) is 19.0 Å². The largest absolute Gasteiger partial charge is 0.484 e. The highest BCUT2D eigenvalue weighted by Gasteiger charge is 2.12. The highest BCUT2D eigenvalue weighted by molar-refractivity contribution is 5.91. The molecule has 28 heavy (non-hydrogen) atoms. The number of carbonyl (C=O) groups excluding carboxylic acids is 2. The van der Waals surface area contributed by atoms with Gasteiger partial charge in [0.1, 0.15) is 17.4 Å². The van der Waals surface area contributed by atoms with Crippen molar-refractivity contribution in [1.29, 1.82) is 0 Å². The Morgan fingerprint density at radius 2 is 1.79 bits per heavy atom. The lowest BCUT2D eigenvalue weighted by molar-refractivity contribution is -0.118. The third-order valence-electron chi connectivity index (χ3n) is 3.82. The molecular formula is C20H18FN3O4. The lowest BCUT2D eigenvalue weighted by atomic mass is 10.2. The second-order valence-corrected chi connectivity index (χ2v) is 5.91. The minimum absolute atomic E-state index is 0.231. The maximum absolute atomic E-state index is 13.1. The van der Waals surface area contributed by atoms with Crippen molar-refractivity contribution in [3.63, 3.8) is 0 Å². The van der Waals surface area contributed by atoms with E-state index in [1.54, 1.807) is 49.4 Å². The van der Waals surface area contributed by atoms with Gasteiger partial charge in [-0.15, -0.1) is 0 Å². The van der Waals surface area contributed by atoms with Crippen molar-refractivity contribution in [1.82, 2.24) is 9.78 Å². The van der Waals surface area contributed by atoms with E-state index in [1.807, 2.05) is 0 Å². The molecule has 0 aliphatic rings. The second kappa shape index (κ2) is 8.34. The van der Waals surface area contributed by atoms with Gasteiger partial charge in [-0.3, -0.25) is 4.79 Å². The molecule has 1 aromatic heterocycles. The summed E-state index contributed by atoms with van der Waals surface area (Å²) in [5.74, 6) is -0.316. The second-order valence-electron chi connectivity index (χ2n) is 5.91. The van der Waals surface area contributed by atoms with Crippen LogP contribution in [-0.2, 0) is 9.53 Å². The van der Waals surface area contributed by atoms with Gasteiger partial charge in [-0.1, -0.05) is 0 Å². The van der Waals surface area contributed by atoms with Gasteiger partial charge in [-0.25, -0.2) is 13.9 Å². The predicted molar refractivity (Wildman–Crippen MR) is 100 cm³/mol. The molecule has 0 saturated heterocycles. The summed E-state index contributed by atoms with van der Waals surface area (Å²) in [5.41, 5.74) is 1.70. The average Bonchev–Trinajstić information content (AvgIpc) is 3.06. The number of hydrogen-bond acceptors (Lipinski definition) is 5. The Hall–Kier alpha value is -3.68. The van der Waals surface area contributed by atoms with Crippen LogP contribution in [-0.4, -0.2) is 35.4 Å². The Morgan fingerprint density at radius 3 is 2.43 bits per heavy atom. The summed E-state index contributed by atoms with van der Waals surface area (Å²) in [6, 6.07) is 13.7. The molecule has 0 fully saturated rings. The number of rotatable bonds is 6. The number of carbonyl (C=O) groups is 2. The van der Waals surface area contributed by atoms with Crippen LogP contribution >= 0.6 is 0 Å². The van der Waals surface area contributed by atoms with Crippen molar-refractivity contribution in [3.05, 3.63) is 71.7 Å². The number of esters is 1. The van der Waals surface area contributed by atoms with Crippen molar-refractivity contribution in [2.45, 2.75) is 6.92 Å². The van der Waals surface area contributed by atoms with E-state index in [4.69, 9.17) is 4.74 Å². The normalized spacial score (nSPS) is 10.4. The molecule has 3 rings (SSSR count). The van der Waals surface area contributed by atoms with Crippen molar-refractivity contribution in [2.24, 2.45) is 0 Å². The first-order valence-electron chi connectivity index (χ1n) is 8.40. The molecule has 0 unspecified atom stereocenters. The average molecular weight is 383 g/mol. The Bertz CT molecular complexity index is 982. The molecule has 7 nitrogen and oxygen atoms in total. The quantitative estimate of drug-likeness (QED) is 0.662. The van der Waals surface area contributed by atoms with Gasteiger partial charge in [0, 0.05) is 6.07 Å². The number of ether oxygens (including phenoxy) is 2. The summed E-state index contributed by atoms with van der Waals surface area (Å²) in [7, 11) is 1.30. The van der Waals surface area contributed by atoms with Gasteiger partial charge in [0.25, 0.3) is 5.91 Å². The van der Waals surface area contributed by atoms with Crippen LogP contribution < -0.4 is 10.1 Å². The van der Waals surface area contributed by atoms with E-state index in [0.717, 1.165) is 0 Å². The molecule has 0 spiro atoms. The summed E-state index contributed by atoms with van der Waals surface area (Å²) < 4.78 is 24.7. The molecule has 0 atom stereocenters. The molecule has 0 radical (unpaired) electrons. The number of halogens is 1. The minimum atomic E-state index is -0.450. The van der Waals surface area contributed by atoms with Crippen LogP contribution in [0.2, 0.25) is 0 Å². The molecule has 0 aliphatic carbocycles. The van der Waals surface area contributed by atoms with E-state index in [1.165, 1.54) is 23.9 Å². The third-order valence-corrected chi connectivity index (χ3v) is 3.82. The van der Waals surface area contributed by atoms with Gasteiger partial charge in [-0.05, 0) is 55.5 Å². The topological polar surface area (TPSA) is 82.4 Å². The van der Waals surface area contributed by atoms with Crippen LogP contribution in [0.15, 0.2) is 54.6 Å². The van der Waals surface area contributed by atoms with E-state index in [-0.39, 0.29) is 18.3 Å². The van der Waals surface area contributed by atoms with Gasteiger partial charge in [-0.2, -0.15) is 5.10 Å². The molecule has 144 valence electrons. The molecular weight excluding hydrogens is 365 g/mol. The van der Waals surface area contributed by atoms with E-state index in [9.17, 15) is 14.0 Å². The Balaban J connectivity index is 1.64. The van der Waals surface area contributed by atoms with Gasteiger partial charge in [0.05, 0.1) is 24.1 Å². The Morgan fingerprint density at radius 1 is 1.11 bits per heavy atom. The predicted octanol–water partition coefficient (Wildman–Crippen LogP) is 3.12. The van der Waals surface area contributed by atoms with Gasteiger partial charge in [0.15, 0.2) is 6.61 Å². The van der Waals surface area contributed by atoms with Crippen molar-refractivity contribution in [3.8, 4) is 11.4 Å². The summed E-state index contributed by atoms with van der Waals surface area (Å²) in [6.45, 7) is 1.56. The van der Waals surface area contributed by atoms with Crippen LogP contribution in [0.5, 0.6) is 5.75 Å². The first kappa shape index (κ1) is 19.1. The minimum Gasteiger partial charge on any atom is -0.484 e. The first-order chi connectivity index (χ1) is 13.5. The number of methoxy groups -OCH3 is 1. The number of nitrogens with zero attached hydrogens (tertiary/aromatic N) is 2. The van der Waals surface area contributed by atoms with Crippen LogP contribution in [0, 0.1) is 12.7 Å². The van der Waals surface area contributed by atoms with Crippen LogP contribution in [0.3, 0.4) is 0 Å². The van der Waals surface area contributed by atoms with Gasteiger partial charge >= 0.3 is 5.97 Å². The number of nitrogens with one attached hydrogen (secondary N) is 1. The fourth-order valence-corrected chi connectivity index (χ4v) is 2.50. The van der Waals surface area contributed by atoms with Crippen LogP contribution in [0.1, 0.15) is 16.1 Å². The molecule has 0 saturated carbocycles.